The van der Waals surface area contributed by atoms with Crippen molar-refractivity contribution in [2.75, 3.05) is 26.2 Å². The molecule has 1 spiro atoms. The van der Waals surface area contributed by atoms with Crippen molar-refractivity contribution in [1.29, 1.82) is 0 Å². The van der Waals surface area contributed by atoms with E-state index in [4.69, 9.17) is 16.3 Å². The Morgan fingerprint density at radius 2 is 2.27 bits per heavy atom. The third-order valence-electron chi connectivity index (χ3n) is 7.09. The number of hydrogen-bond acceptors (Lipinski definition) is 4. The van der Waals surface area contributed by atoms with E-state index in [9.17, 15) is 4.79 Å². The van der Waals surface area contributed by atoms with Gasteiger partial charge in [0.15, 0.2) is 0 Å². The molecule has 0 aromatic carbocycles. The smallest absolute Gasteiger partial charge is 0.223 e. The summed E-state index contributed by atoms with van der Waals surface area (Å²) in [6.07, 6.45) is 9.54. The molecule has 1 aromatic heterocycles. The molecule has 3 saturated heterocycles. The Hall–Kier alpha value is -1.11. The number of nitrogens with zero attached hydrogens (tertiary/aromatic N) is 3. The minimum atomic E-state index is 0.0261. The first kappa shape index (κ1) is 17.0. The van der Waals surface area contributed by atoms with Crippen molar-refractivity contribution in [3.63, 3.8) is 0 Å². The second kappa shape index (κ2) is 6.50. The molecule has 7 heteroatoms. The number of carbonyl (C=O) groups is 1. The second-order valence-corrected chi connectivity index (χ2v) is 9.00. The predicted octanol–water partition coefficient (Wildman–Crippen LogP) is 1.93. The van der Waals surface area contributed by atoms with Gasteiger partial charge in [-0.3, -0.25) is 14.4 Å². The van der Waals surface area contributed by atoms with Crippen LogP contribution in [0.3, 0.4) is 0 Å². The lowest BCUT2D eigenvalue weighted by atomic mass is 9.73. The fourth-order valence-corrected chi connectivity index (χ4v) is 5.62. The SMILES string of the molecule is O=C(NC[C@H]1[C@H]2CN(CCn3cc(Cl)cn3)C[C@]23CC[C@H]1O3)C1CCC1. The number of aromatic nitrogens is 2. The van der Waals surface area contributed by atoms with Crippen LogP contribution >= 0.6 is 11.6 Å². The Bertz CT molecular complexity index is 691. The van der Waals surface area contributed by atoms with Crippen LogP contribution in [0.4, 0.5) is 0 Å². The van der Waals surface area contributed by atoms with Crippen LogP contribution in [0.15, 0.2) is 12.4 Å². The lowest BCUT2D eigenvalue weighted by Crippen LogP contribution is -2.44. The van der Waals surface area contributed by atoms with Gasteiger partial charge in [-0.2, -0.15) is 5.10 Å². The first-order valence-electron chi connectivity index (χ1n) is 9.99. The van der Waals surface area contributed by atoms with Gasteiger partial charge in [-0.25, -0.2) is 0 Å². The van der Waals surface area contributed by atoms with Crippen LogP contribution in [0.1, 0.15) is 32.1 Å². The molecule has 4 heterocycles. The van der Waals surface area contributed by atoms with E-state index in [1.54, 1.807) is 6.20 Å². The van der Waals surface area contributed by atoms with E-state index in [0.29, 0.717) is 23.0 Å². The Kier molecular flexibility index (Phi) is 4.25. The molecule has 3 aliphatic heterocycles. The summed E-state index contributed by atoms with van der Waals surface area (Å²) < 4.78 is 8.38. The highest BCUT2D eigenvalue weighted by Crippen LogP contribution is 2.54. The molecular weight excluding hydrogens is 352 g/mol. The van der Waals surface area contributed by atoms with Gasteiger partial charge in [-0.15, -0.1) is 0 Å². The summed E-state index contributed by atoms with van der Waals surface area (Å²) in [5, 5.41) is 8.18. The number of halogens is 1. The Morgan fingerprint density at radius 3 is 3.00 bits per heavy atom. The van der Waals surface area contributed by atoms with E-state index in [-0.39, 0.29) is 17.4 Å². The standard InChI is InChI=1S/C19H27ClN4O2/c20-14-8-22-24(10-14)7-6-23-11-16-15(9-21-18(25)13-2-1-3-13)17-4-5-19(16,12-23)26-17/h8,10,13,15-17H,1-7,9,11-12H2,(H,21,25)/t15-,16+,17+,19+/m0/s1. The van der Waals surface area contributed by atoms with E-state index in [1.165, 1.54) is 12.8 Å². The van der Waals surface area contributed by atoms with Crippen molar-refractivity contribution in [2.45, 2.75) is 50.4 Å². The maximum atomic E-state index is 12.2. The minimum absolute atomic E-state index is 0.0261. The van der Waals surface area contributed by atoms with Crippen LogP contribution in [-0.4, -0.2) is 58.5 Å². The lowest BCUT2D eigenvalue weighted by molar-refractivity contribution is -0.127. The van der Waals surface area contributed by atoms with Crippen molar-refractivity contribution >= 4 is 17.5 Å². The number of fused-ring (bicyclic) bond motifs is 1. The van der Waals surface area contributed by atoms with Crippen molar-refractivity contribution in [3.05, 3.63) is 17.4 Å². The third-order valence-corrected chi connectivity index (χ3v) is 7.28. The van der Waals surface area contributed by atoms with Gasteiger partial charge < -0.3 is 10.1 Å². The van der Waals surface area contributed by atoms with Crippen molar-refractivity contribution in [1.82, 2.24) is 20.0 Å². The third kappa shape index (κ3) is 2.86. The first-order chi connectivity index (χ1) is 12.6. The van der Waals surface area contributed by atoms with Crippen LogP contribution in [-0.2, 0) is 16.1 Å². The zero-order chi connectivity index (χ0) is 17.7. The van der Waals surface area contributed by atoms with Crippen molar-refractivity contribution in [3.8, 4) is 0 Å². The average molecular weight is 379 g/mol. The van der Waals surface area contributed by atoms with Gasteiger partial charge >= 0.3 is 0 Å². The van der Waals surface area contributed by atoms with Crippen molar-refractivity contribution in [2.24, 2.45) is 17.8 Å². The fraction of sp³-hybridized carbons (Fsp3) is 0.789. The summed E-state index contributed by atoms with van der Waals surface area (Å²) in [4.78, 5) is 14.7. The van der Waals surface area contributed by atoms with Crippen LogP contribution in [0.25, 0.3) is 0 Å². The van der Waals surface area contributed by atoms with Gasteiger partial charge in [0.1, 0.15) is 0 Å². The Labute approximate surface area is 159 Å². The number of likely N-dealkylation sites (tertiary alicyclic amines) is 1. The summed E-state index contributed by atoms with van der Waals surface area (Å²) in [6, 6.07) is 0. The van der Waals surface area contributed by atoms with E-state index >= 15 is 0 Å². The largest absolute Gasteiger partial charge is 0.370 e. The molecule has 142 valence electrons. The number of nitrogens with one attached hydrogen (secondary N) is 1. The molecule has 4 atom stereocenters. The van der Waals surface area contributed by atoms with Gasteiger partial charge in [-0.05, 0) is 25.7 Å². The van der Waals surface area contributed by atoms with Crippen LogP contribution in [0.5, 0.6) is 0 Å². The van der Waals surface area contributed by atoms with Crippen molar-refractivity contribution < 1.29 is 9.53 Å². The molecule has 1 aromatic rings. The highest BCUT2D eigenvalue weighted by atomic mass is 35.5. The zero-order valence-electron chi connectivity index (χ0n) is 15.1. The summed E-state index contributed by atoms with van der Waals surface area (Å²) >= 11 is 5.95. The van der Waals surface area contributed by atoms with Crippen LogP contribution in [0.2, 0.25) is 5.02 Å². The maximum Gasteiger partial charge on any atom is 0.223 e. The summed E-state index contributed by atoms with van der Waals surface area (Å²) in [5.41, 5.74) is 0.0261. The predicted molar refractivity (Wildman–Crippen MR) is 97.8 cm³/mol. The molecule has 1 N–H and O–H groups in total. The Balaban J connectivity index is 1.19. The highest BCUT2D eigenvalue weighted by Gasteiger charge is 2.62. The molecule has 1 saturated carbocycles. The molecule has 0 unspecified atom stereocenters. The number of rotatable bonds is 6. The van der Waals surface area contributed by atoms with E-state index in [0.717, 1.165) is 52.0 Å². The number of hydrogen-bond donors (Lipinski definition) is 1. The van der Waals surface area contributed by atoms with Crippen LogP contribution in [0, 0.1) is 17.8 Å². The minimum Gasteiger partial charge on any atom is -0.370 e. The van der Waals surface area contributed by atoms with E-state index < -0.39 is 0 Å². The Morgan fingerprint density at radius 1 is 1.38 bits per heavy atom. The van der Waals surface area contributed by atoms with Gasteiger partial charge in [0, 0.05) is 50.1 Å². The van der Waals surface area contributed by atoms with Crippen LogP contribution < -0.4 is 5.32 Å². The highest BCUT2D eigenvalue weighted by molar-refractivity contribution is 6.30. The summed E-state index contributed by atoms with van der Waals surface area (Å²) in [6.45, 7) is 4.67. The van der Waals surface area contributed by atoms with Gasteiger partial charge in [0.05, 0.1) is 29.5 Å². The molecule has 4 aliphatic rings. The molecule has 6 nitrogen and oxygen atoms in total. The molecule has 26 heavy (non-hydrogen) atoms. The molecule has 2 bridgehead atoms. The number of carbonyl (C=O) groups excluding carboxylic acids is 1. The van der Waals surface area contributed by atoms with E-state index in [1.807, 2.05) is 10.9 Å². The fourth-order valence-electron chi connectivity index (χ4n) is 5.47. The first-order valence-corrected chi connectivity index (χ1v) is 10.4. The summed E-state index contributed by atoms with van der Waals surface area (Å²) in [7, 11) is 0. The normalized spacial score (nSPS) is 36.3. The molecule has 5 rings (SSSR count). The topological polar surface area (TPSA) is 59.4 Å². The quantitative estimate of drug-likeness (QED) is 0.821. The maximum absolute atomic E-state index is 12.2. The monoisotopic (exact) mass is 378 g/mol. The zero-order valence-corrected chi connectivity index (χ0v) is 15.8. The van der Waals surface area contributed by atoms with Gasteiger partial charge in [0.2, 0.25) is 5.91 Å². The number of amides is 1. The molecule has 0 radical (unpaired) electrons. The van der Waals surface area contributed by atoms with Gasteiger partial charge in [0.25, 0.3) is 0 Å². The molecule has 4 fully saturated rings. The molecule has 1 amide bonds. The molecule has 1 aliphatic carbocycles. The average Bonchev–Trinajstić information content (AvgIpc) is 3.29. The second-order valence-electron chi connectivity index (χ2n) is 8.56. The summed E-state index contributed by atoms with van der Waals surface area (Å²) in [5.74, 6) is 1.55. The molecular formula is C19H27ClN4O2. The van der Waals surface area contributed by atoms with Gasteiger partial charge in [-0.1, -0.05) is 18.0 Å². The van der Waals surface area contributed by atoms with E-state index in [2.05, 4.69) is 15.3 Å². The number of ether oxygens (including phenoxy) is 1. The lowest BCUT2D eigenvalue weighted by Gasteiger charge is -2.31.